The van der Waals surface area contributed by atoms with Crippen LogP contribution in [-0.4, -0.2) is 110 Å². The van der Waals surface area contributed by atoms with Crippen molar-refractivity contribution in [3.63, 3.8) is 0 Å². The molecule has 2 saturated heterocycles. The Morgan fingerprint density at radius 3 is 2.32 bits per heavy atom. The fourth-order valence-corrected chi connectivity index (χ4v) is 8.92. The van der Waals surface area contributed by atoms with Crippen LogP contribution in [0, 0.1) is 11.8 Å². The van der Waals surface area contributed by atoms with Crippen LogP contribution in [0.25, 0.3) is 22.7 Å². The van der Waals surface area contributed by atoms with Crippen LogP contribution in [0.2, 0.25) is 0 Å². The number of amides is 3. The van der Waals surface area contributed by atoms with Crippen molar-refractivity contribution >= 4 is 40.8 Å². The van der Waals surface area contributed by atoms with Crippen LogP contribution in [0.4, 0.5) is 18.4 Å². The Kier molecular flexibility index (Phi) is 13.4. The van der Waals surface area contributed by atoms with Gasteiger partial charge in [0.2, 0.25) is 5.91 Å². The zero-order valence-electron chi connectivity index (χ0n) is 39.7. The highest BCUT2D eigenvalue weighted by atomic mass is 19.3. The first-order valence-corrected chi connectivity index (χ1v) is 22.8. The number of alkyl carbamates (subject to hydrolysis) is 2. The average molecular weight is 904 g/mol. The van der Waals surface area contributed by atoms with Crippen molar-refractivity contribution in [1.29, 1.82) is 0 Å². The second kappa shape index (κ2) is 18.3. The van der Waals surface area contributed by atoms with Crippen molar-refractivity contribution in [3.05, 3.63) is 70.6 Å². The van der Waals surface area contributed by atoms with Crippen molar-refractivity contribution in [1.82, 2.24) is 45.7 Å². The smallest absolute Gasteiger partial charge is 0.408 e. The third-order valence-corrected chi connectivity index (χ3v) is 12.4. The van der Waals surface area contributed by atoms with Crippen LogP contribution in [0.15, 0.2) is 42.0 Å². The summed E-state index contributed by atoms with van der Waals surface area (Å²) in [5, 5.41) is 8.63. The number of likely N-dealkylation sites (tertiary alicyclic amines) is 1. The van der Waals surface area contributed by atoms with Crippen molar-refractivity contribution in [2.24, 2.45) is 11.8 Å². The molecule has 4 heterocycles. The lowest BCUT2D eigenvalue weighted by molar-refractivity contribution is -0.135. The molecule has 7 rings (SSSR count). The van der Waals surface area contributed by atoms with Crippen LogP contribution in [0.3, 0.4) is 0 Å². The Labute approximate surface area is 380 Å². The van der Waals surface area contributed by atoms with Gasteiger partial charge >= 0.3 is 12.2 Å². The maximum atomic E-state index is 14.8. The molecule has 2 fully saturated rings. The fourth-order valence-electron chi connectivity index (χ4n) is 8.92. The first-order chi connectivity index (χ1) is 30.4. The van der Waals surface area contributed by atoms with Crippen LogP contribution >= 0.6 is 0 Å². The predicted octanol–water partition coefficient (Wildman–Crippen LogP) is 8.26. The third kappa shape index (κ3) is 10.9. The van der Waals surface area contributed by atoms with E-state index in [0.717, 1.165) is 52.3 Å². The summed E-state index contributed by atoms with van der Waals surface area (Å²) in [6.07, 6.45) is 8.97. The topological polar surface area (TPSA) is 179 Å². The molecule has 2 aromatic heterocycles. The normalized spacial score (nSPS) is 23.2. The number of aromatic amines is 2. The summed E-state index contributed by atoms with van der Waals surface area (Å²) in [6, 6.07) is 4.59. The van der Waals surface area contributed by atoms with Gasteiger partial charge in [-0.25, -0.2) is 28.3 Å². The zero-order valence-corrected chi connectivity index (χ0v) is 39.7. The fraction of sp³-hybridized carbons (Fsp3) is 0.604. The zero-order chi connectivity index (χ0) is 47.2. The van der Waals surface area contributed by atoms with Gasteiger partial charge in [0.15, 0.2) is 0 Å². The van der Waals surface area contributed by atoms with Gasteiger partial charge in [-0.15, -0.1) is 0 Å². The standard InChI is InChI=1S/C48H67F2N9O6/c1-27(2)35(55-43(61)64-45(5,6)7)23-63-26-58-25-48(49,50)24-51-41(58)40-52-32-16-14-29(22-34(32)54-40)30-18-19-47(11)31(21-30)15-17-33-38(47)57-39(53-33)36-13-12-20-59(36)42(60)37(28(3)4)56-44(62)65-46(8,9)10/h14-18,21-22,27-28,35-37,41,51H,12-13,19-20,23-26H2,1-11H3,(H,52,54)(H,53,57)(H,55,61)(H,56,62). The van der Waals surface area contributed by atoms with Crippen molar-refractivity contribution < 1.29 is 37.4 Å². The number of halogens is 2. The number of hydrogen-bond donors (Lipinski definition) is 5. The number of imidazole rings is 2. The molecular formula is C48H67F2N9O6. The molecule has 0 saturated carbocycles. The lowest BCUT2D eigenvalue weighted by Crippen LogP contribution is -2.56. The van der Waals surface area contributed by atoms with Crippen LogP contribution in [0.5, 0.6) is 0 Å². The minimum Gasteiger partial charge on any atom is -0.444 e. The Morgan fingerprint density at radius 2 is 1.65 bits per heavy atom. The molecule has 5 atom stereocenters. The first-order valence-electron chi connectivity index (χ1n) is 22.8. The minimum atomic E-state index is -2.98. The summed E-state index contributed by atoms with van der Waals surface area (Å²) in [6.45, 7) is 20.1. The van der Waals surface area contributed by atoms with Crippen LogP contribution < -0.4 is 16.0 Å². The van der Waals surface area contributed by atoms with Crippen molar-refractivity contribution in [3.8, 4) is 0 Å². The molecule has 2 aliphatic carbocycles. The summed E-state index contributed by atoms with van der Waals surface area (Å²) in [5.74, 6) is -2.05. The van der Waals surface area contributed by atoms with Crippen molar-refractivity contribution in [2.45, 2.75) is 142 Å². The van der Waals surface area contributed by atoms with Gasteiger partial charge < -0.3 is 39.7 Å². The maximum Gasteiger partial charge on any atom is 0.408 e. The van der Waals surface area contributed by atoms with E-state index < -0.39 is 66.1 Å². The average Bonchev–Trinajstić information content (AvgIpc) is 3.96. The number of nitrogens with zero attached hydrogens (tertiary/aromatic N) is 4. The maximum absolute atomic E-state index is 14.8. The molecule has 17 heteroatoms. The summed E-state index contributed by atoms with van der Waals surface area (Å²) < 4.78 is 46.5. The number of nitrogens with one attached hydrogen (secondary N) is 5. The number of allylic oxidation sites excluding steroid dienone is 5. The second-order valence-corrected chi connectivity index (χ2v) is 20.8. The van der Waals surface area contributed by atoms with E-state index in [0.29, 0.717) is 24.3 Å². The summed E-state index contributed by atoms with van der Waals surface area (Å²) in [7, 11) is 0. The summed E-state index contributed by atoms with van der Waals surface area (Å²) in [4.78, 5) is 59.5. The van der Waals surface area contributed by atoms with Gasteiger partial charge in [0.05, 0.1) is 54.2 Å². The minimum absolute atomic E-state index is 0.00486. The van der Waals surface area contributed by atoms with Gasteiger partial charge in [-0.05, 0) is 114 Å². The SMILES string of the molecule is CC(C)C(COCN1CC(F)(F)CNC1c1nc2ccc(C3=CCC4(C)C(=C3)C=Cc3nc(C5CCCN5C(=O)C(NC(=O)OC(C)(C)C)C(C)C)[nH]c34)cc2[nH]1)NC(=O)OC(C)(C)C. The molecule has 4 aliphatic rings. The highest BCUT2D eigenvalue weighted by molar-refractivity contribution is 5.87. The highest BCUT2D eigenvalue weighted by Gasteiger charge is 2.44. The Hall–Kier alpha value is -5.13. The molecular weight excluding hydrogens is 837 g/mol. The number of carbonyl (C=O) groups excluding carboxylic acids is 3. The monoisotopic (exact) mass is 904 g/mol. The van der Waals surface area contributed by atoms with E-state index in [1.165, 1.54) is 4.90 Å². The van der Waals surface area contributed by atoms with Gasteiger partial charge in [0.1, 0.15) is 41.8 Å². The molecule has 15 nitrogen and oxygen atoms in total. The molecule has 65 heavy (non-hydrogen) atoms. The Balaban J connectivity index is 1.04. The number of hydrogen-bond acceptors (Lipinski definition) is 10. The lowest BCUT2D eigenvalue weighted by Gasteiger charge is -2.39. The number of aromatic nitrogens is 4. The number of fused-ring (bicyclic) bond motifs is 4. The quantitative estimate of drug-likeness (QED) is 0.119. The molecule has 5 N–H and O–H groups in total. The molecule has 0 radical (unpaired) electrons. The van der Waals surface area contributed by atoms with Gasteiger partial charge in [-0.1, -0.05) is 52.0 Å². The second-order valence-electron chi connectivity index (χ2n) is 20.8. The van der Waals surface area contributed by atoms with Crippen LogP contribution in [0.1, 0.15) is 136 Å². The van der Waals surface area contributed by atoms with Crippen molar-refractivity contribution in [2.75, 3.05) is 33.0 Å². The number of carbonyl (C=O) groups is 3. The molecule has 1 aromatic carbocycles. The number of rotatable bonds is 12. The van der Waals surface area contributed by atoms with Gasteiger partial charge in [0, 0.05) is 12.0 Å². The predicted molar refractivity (Wildman–Crippen MR) is 245 cm³/mol. The van der Waals surface area contributed by atoms with E-state index in [2.05, 4.69) is 51.1 Å². The molecule has 3 aromatic rings. The van der Waals surface area contributed by atoms with Gasteiger partial charge in [-0.3, -0.25) is 15.0 Å². The molecule has 0 bridgehead atoms. The van der Waals surface area contributed by atoms with E-state index in [4.69, 9.17) is 24.2 Å². The molecule has 354 valence electrons. The van der Waals surface area contributed by atoms with Gasteiger partial charge in [0.25, 0.3) is 5.92 Å². The summed E-state index contributed by atoms with van der Waals surface area (Å²) in [5.41, 5.74) is 4.70. The van der Waals surface area contributed by atoms with Crippen LogP contribution in [-0.2, 0) is 24.4 Å². The molecule has 2 aliphatic heterocycles. The number of alkyl halides is 2. The Morgan fingerprint density at radius 1 is 0.938 bits per heavy atom. The number of benzene rings is 1. The van der Waals surface area contributed by atoms with E-state index >= 15 is 0 Å². The number of H-pyrrole nitrogens is 2. The third-order valence-electron chi connectivity index (χ3n) is 12.4. The lowest BCUT2D eigenvalue weighted by atomic mass is 9.69. The molecule has 0 spiro atoms. The van der Waals surface area contributed by atoms with E-state index in [-0.39, 0.29) is 37.1 Å². The molecule has 3 amide bonds. The first kappa shape index (κ1) is 47.8. The van der Waals surface area contributed by atoms with E-state index in [9.17, 15) is 23.2 Å². The Bertz CT molecular complexity index is 2350. The number of ether oxygens (including phenoxy) is 3. The summed E-state index contributed by atoms with van der Waals surface area (Å²) >= 11 is 0. The van der Waals surface area contributed by atoms with Gasteiger partial charge in [-0.2, -0.15) is 0 Å². The molecule has 5 unspecified atom stereocenters. The van der Waals surface area contributed by atoms with E-state index in [1.54, 1.807) is 41.5 Å². The largest absolute Gasteiger partial charge is 0.444 e. The van der Waals surface area contributed by atoms with E-state index in [1.807, 2.05) is 56.9 Å². The highest BCUT2D eigenvalue weighted by Crippen LogP contribution is 2.47.